The monoisotopic (exact) mass is 310 g/mol. The number of methoxy groups -OCH3 is 1. The van der Waals surface area contributed by atoms with E-state index in [-0.39, 0.29) is 12.0 Å². The molecule has 2 amide bonds. The third-order valence-corrected chi connectivity index (χ3v) is 3.72. The number of nitrogens with one attached hydrogen (secondary N) is 2. The minimum atomic E-state index is -0.204. The molecule has 0 saturated carbocycles. The quantitative estimate of drug-likeness (QED) is 0.439. The zero-order valence-electron chi connectivity index (χ0n) is 12.5. The van der Waals surface area contributed by atoms with E-state index in [1.54, 1.807) is 11.8 Å². The zero-order valence-corrected chi connectivity index (χ0v) is 13.3. The van der Waals surface area contributed by atoms with Crippen molar-refractivity contribution in [1.82, 2.24) is 5.32 Å². The van der Waals surface area contributed by atoms with Gasteiger partial charge in [-0.3, -0.25) is 4.79 Å². The van der Waals surface area contributed by atoms with Gasteiger partial charge in [0.2, 0.25) is 0 Å². The number of amides is 2. The average Bonchev–Trinajstić information content (AvgIpc) is 2.50. The highest BCUT2D eigenvalue weighted by Gasteiger charge is 2.05. The molecule has 0 atom stereocenters. The number of benzene rings is 1. The molecule has 0 spiro atoms. The second kappa shape index (κ2) is 10.1. The first-order chi connectivity index (χ1) is 10.2. The van der Waals surface area contributed by atoms with Crippen molar-refractivity contribution >= 4 is 29.4 Å². The van der Waals surface area contributed by atoms with Gasteiger partial charge in [0, 0.05) is 17.9 Å². The van der Waals surface area contributed by atoms with Crippen LogP contribution in [0.3, 0.4) is 0 Å². The van der Waals surface area contributed by atoms with E-state index in [4.69, 9.17) is 0 Å². The Morgan fingerprint density at radius 2 is 1.95 bits per heavy atom. The highest BCUT2D eigenvalue weighted by molar-refractivity contribution is 7.98. The number of urea groups is 1. The molecule has 0 aliphatic heterocycles. The standard InChI is InChI=1S/C15H22N2O3S/c1-20-14(18)10-4-3-7-11-16-15(19)17-12-8-5-6-9-13(12)21-2/h5-6,8-9H,3-4,7,10-11H2,1-2H3,(H2,16,17,19). The normalized spacial score (nSPS) is 10.0. The minimum absolute atomic E-state index is 0.186. The molecule has 5 nitrogen and oxygen atoms in total. The van der Waals surface area contributed by atoms with Crippen molar-refractivity contribution in [3.05, 3.63) is 24.3 Å². The lowest BCUT2D eigenvalue weighted by Gasteiger charge is -2.10. The van der Waals surface area contributed by atoms with Crippen LogP contribution in [0.2, 0.25) is 0 Å². The molecule has 0 saturated heterocycles. The Morgan fingerprint density at radius 1 is 1.19 bits per heavy atom. The number of hydrogen-bond donors (Lipinski definition) is 2. The van der Waals surface area contributed by atoms with Gasteiger partial charge in [-0.2, -0.15) is 0 Å². The van der Waals surface area contributed by atoms with Crippen LogP contribution in [-0.4, -0.2) is 31.9 Å². The van der Waals surface area contributed by atoms with E-state index in [2.05, 4.69) is 15.4 Å². The Kier molecular flexibility index (Phi) is 8.35. The Bertz CT molecular complexity index is 466. The number of thioether (sulfide) groups is 1. The van der Waals surface area contributed by atoms with Crippen LogP contribution in [0.1, 0.15) is 25.7 Å². The highest BCUT2D eigenvalue weighted by Crippen LogP contribution is 2.24. The van der Waals surface area contributed by atoms with Gasteiger partial charge >= 0.3 is 12.0 Å². The largest absolute Gasteiger partial charge is 0.469 e. The van der Waals surface area contributed by atoms with Crippen molar-refractivity contribution in [1.29, 1.82) is 0 Å². The topological polar surface area (TPSA) is 67.4 Å². The van der Waals surface area contributed by atoms with Crippen LogP contribution in [-0.2, 0) is 9.53 Å². The average molecular weight is 310 g/mol. The van der Waals surface area contributed by atoms with Crippen LogP contribution in [0.25, 0.3) is 0 Å². The molecule has 0 unspecified atom stereocenters. The van der Waals surface area contributed by atoms with Crippen LogP contribution in [0.15, 0.2) is 29.2 Å². The number of unbranched alkanes of at least 4 members (excludes halogenated alkanes) is 2. The van der Waals surface area contributed by atoms with Gasteiger partial charge in [0.1, 0.15) is 0 Å². The molecule has 116 valence electrons. The van der Waals surface area contributed by atoms with Crippen LogP contribution in [0, 0.1) is 0 Å². The lowest BCUT2D eigenvalue weighted by Crippen LogP contribution is -2.29. The third-order valence-electron chi connectivity index (χ3n) is 2.93. The first-order valence-corrected chi connectivity index (χ1v) is 8.14. The molecule has 0 aliphatic rings. The molecule has 0 fully saturated rings. The Hall–Kier alpha value is -1.69. The van der Waals surface area contributed by atoms with Gasteiger partial charge < -0.3 is 15.4 Å². The van der Waals surface area contributed by atoms with Gasteiger partial charge in [0.05, 0.1) is 12.8 Å². The first kappa shape index (κ1) is 17.4. The van der Waals surface area contributed by atoms with Crippen LogP contribution in [0.5, 0.6) is 0 Å². The first-order valence-electron chi connectivity index (χ1n) is 6.92. The lowest BCUT2D eigenvalue weighted by atomic mass is 10.2. The fourth-order valence-electron chi connectivity index (χ4n) is 1.79. The molecular weight excluding hydrogens is 288 g/mol. The lowest BCUT2D eigenvalue weighted by molar-refractivity contribution is -0.140. The number of carbonyl (C=O) groups excluding carboxylic acids is 2. The summed E-state index contributed by atoms with van der Waals surface area (Å²) in [6, 6.07) is 7.47. The third kappa shape index (κ3) is 7.04. The Labute approximate surface area is 129 Å². The van der Waals surface area contributed by atoms with Gasteiger partial charge in [0.15, 0.2) is 0 Å². The van der Waals surface area contributed by atoms with Crippen molar-refractivity contribution in [3.8, 4) is 0 Å². The molecule has 0 aromatic heterocycles. The van der Waals surface area contributed by atoms with Gasteiger partial charge in [-0.1, -0.05) is 18.6 Å². The number of ether oxygens (including phenoxy) is 1. The van der Waals surface area contributed by atoms with Gasteiger partial charge in [-0.05, 0) is 31.2 Å². The number of para-hydroxylation sites is 1. The van der Waals surface area contributed by atoms with Crippen molar-refractivity contribution < 1.29 is 14.3 Å². The number of esters is 1. The molecular formula is C15H22N2O3S. The number of anilines is 1. The number of hydrogen-bond acceptors (Lipinski definition) is 4. The second-order valence-electron chi connectivity index (χ2n) is 4.47. The predicted molar refractivity (Wildman–Crippen MR) is 85.7 cm³/mol. The van der Waals surface area contributed by atoms with Crippen molar-refractivity contribution in [2.24, 2.45) is 0 Å². The Balaban J connectivity index is 2.18. The second-order valence-corrected chi connectivity index (χ2v) is 5.32. The minimum Gasteiger partial charge on any atom is -0.469 e. The van der Waals surface area contributed by atoms with E-state index in [1.807, 2.05) is 30.5 Å². The van der Waals surface area contributed by atoms with Gasteiger partial charge in [-0.25, -0.2) is 4.79 Å². The van der Waals surface area contributed by atoms with E-state index < -0.39 is 0 Å². The summed E-state index contributed by atoms with van der Waals surface area (Å²) in [5, 5.41) is 5.64. The molecule has 0 aliphatic carbocycles. The van der Waals surface area contributed by atoms with Gasteiger partial charge in [0.25, 0.3) is 0 Å². The molecule has 1 rings (SSSR count). The summed E-state index contributed by atoms with van der Waals surface area (Å²) < 4.78 is 4.56. The SMILES string of the molecule is COC(=O)CCCCCNC(=O)Nc1ccccc1SC. The summed E-state index contributed by atoms with van der Waals surface area (Å²) in [6.07, 6.45) is 4.92. The molecule has 2 N–H and O–H groups in total. The maximum absolute atomic E-state index is 11.8. The van der Waals surface area contributed by atoms with Crippen LogP contribution >= 0.6 is 11.8 Å². The number of carbonyl (C=O) groups is 2. The molecule has 0 heterocycles. The summed E-state index contributed by atoms with van der Waals surface area (Å²) in [6.45, 7) is 0.592. The predicted octanol–water partition coefficient (Wildman–Crippen LogP) is 3.26. The van der Waals surface area contributed by atoms with Gasteiger partial charge in [-0.15, -0.1) is 11.8 Å². The van der Waals surface area contributed by atoms with Crippen molar-refractivity contribution in [3.63, 3.8) is 0 Å². The van der Waals surface area contributed by atoms with E-state index in [0.717, 1.165) is 29.8 Å². The Morgan fingerprint density at radius 3 is 2.67 bits per heavy atom. The van der Waals surface area contributed by atoms with E-state index >= 15 is 0 Å². The van der Waals surface area contributed by atoms with Crippen molar-refractivity contribution in [2.75, 3.05) is 25.2 Å². The summed E-state index contributed by atoms with van der Waals surface area (Å²) in [5.74, 6) is -0.186. The molecule has 1 aromatic rings. The maximum Gasteiger partial charge on any atom is 0.319 e. The fraction of sp³-hybridized carbons (Fsp3) is 0.467. The van der Waals surface area contributed by atoms with Crippen LogP contribution in [0.4, 0.5) is 10.5 Å². The smallest absolute Gasteiger partial charge is 0.319 e. The number of rotatable bonds is 8. The highest BCUT2D eigenvalue weighted by atomic mass is 32.2. The van der Waals surface area contributed by atoms with E-state index in [0.29, 0.717) is 13.0 Å². The molecule has 6 heteroatoms. The molecule has 0 bridgehead atoms. The zero-order chi connectivity index (χ0) is 15.5. The fourth-order valence-corrected chi connectivity index (χ4v) is 2.34. The van der Waals surface area contributed by atoms with E-state index in [1.165, 1.54) is 7.11 Å². The van der Waals surface area contributed by atoms with Crippen molar-refractivity contribution in [2.45, 2.75) is 30.6 Å². The summed E-state index contributed by atoms with van der Waals surface area (Å²) in [4.78, 5) is 23.7. The molecule has 0 radical (unpaired) electrons. The maximum atomic E-state index is 11.8. The molecule has 21 heavy (non-hydrogen) atoms. The van der Waals surface area contributed by atoms with E-state index in [9.17, 15) is 9.59 Å². The summed E-state index contributed by atoms with van der Waals surface area (Å²) in [7, 11) is 1.39. The van der Waals surface area contributed by atoms with Crippen LogP contribution < -0.4 is 10.6 Å². The molecule has 1 aromatic carbocycles. The summed E-state index contributed by atoms with van der Waals surface area (Å²) >= 11 is 1.59. The summed E-state index contributed by atoms with van der Waals surface area (Å²) in [5.41, 5.74) is 0.813.